The molecule has 1 aliphatic rings. The van der Waals surface area contributed by atoms with Gasteiger partial charge in [0.2, 0.25) is 0 Å². The van der Waals surface area contributed by atoms with Crippen molar-refractivity contribution in [3.63, 3.8) is 0 Å². The van der Waals surface area contributed by atoms with Crippen molar-refractivity contribution in [2.75, 3.05) is 5.32 Å². The summed E-state index contributed by atoms with van der Waals surface area (Å²) in [4.78, 5) is 22.8. The molecule has 0 aromatic carbocycles. The van der Waals surface area contributed by atoms with E-state index in [1.54, 1.807) is 23.0 Å². The van der Waals surface area contributed by atoms with E-state index < -0.39 is 0 Å². The second-order valence-electron chi connectivity index (χ2n) is 4.80. The molecule has 1 fully saturated rings. The first-order valence-corrected chi connectivity index (χ1v) is 9.13. The smallest absolute Gasteiger partial charge is 0.268 e. The summed E-state index contributed by atoms with van der Waals surface area (Å²) in [6, 6.07) is 4.00. The number of carbonyl (C=O) groups excluding carboxylic acids is 1. The van der Waals surface area contributed by atoms with Gasteiger partial charge in [-0.15, -0.1) is 34.0 Å². The lowest BCUT2D eigenvalue weighted by Crippen LogP contribution is -2.10. The second-order valence-corrected chi connectivity index (χ2v) is 7.64. The highest BCUT2D eigenvalue weighted by Crippen LogP contribution is 2.44. The molecule has 0 saturated heterocycles. The Morgan fingerprint density at radius 3 is 2.95 bits per heavy atom. The van der Waals surface area contributed by atoms with Gasteiger partial charge in [0.05, 0.1) is 22.3 Å². The lowest BCUT2D eigenvalue weighted by Gasteiger charge is -2.02. The molecule has 21 heavy (non-hydrogen) atoms. The van der Waals surface area contributed by atoms with E-state index in [1.165, 1.54) is 35.5 Å². The topological polar surface area (TPSA) is 54.9 Å². The molecule has 0 spiro atoms. The van der Waals surface area contributed by atoms with Crippen LogP contribution in [0.4, 0.5) is 5.00 Å². The van der Waals surface area contributed by atoms with Crippen molar-refractivity contribution in [1.82, 2.24) is 9.97 Å². The van der Waals surface area contributed by atoms with Crippen LogP contribution in [0.3, 0.4) is 0 Å². The van der Waals surface area contributed by atoms with Gasteiger partial charge in [-0.3, -0.25) is 4.79 Å². The van der Waals surface area contributed by atoms with Crippen molar-refractivity contribution in [3.8, 4) is 9.88 Å². The van der Waals surface area contributed by atoms with Crippen molar-refractivity contribution in [1.29, 1.82) is 0 Å². The van der Waals surface area contributed by atoms with Gasteiger partial charge in [-0.05, 0) is 24.3 Å². The standard InChI is InChI=1S/C14H11N3OS3/c18-12(17-14-11(8-3-4-8)16-7-20-14)10-6-15-13(21-10)9-2-1-5-19-9/h1-2,5-8H,3-4H2,(H,17,18). The third-order valence-electron chi connectivity index (χ3n) is 3.25. The first-order valence-electron chi connectivity index (χ1n) is 6.55. The molecule has 4 rings (SSSR count). The fourth-order valence-corrected chi connectivity index (χ4v) is 4.43. The van der Waals surface area contributed by atoms with Gasteiger partial charge in [-0.2, -0.15) is 0 Å². The van der Waals surface area contributed by atoms with Crippen LogP contribution in [-0.4, -0.2) is 15.9 Å². The third kappa shape index (κ3) is 2.64. The Balaban J connectivity index is 1.53. The predicted octanol–water partition coefficient (Wildman–Crippen LogP) is 4.46. The van der Waals surface area contributed by atoms with Crippen LogP contribution in [0.5, 0.6) is 0 Å². The molecule has 0 atom stereocenters. The van der Waals surface area contributed by atoms with Crippen molar-refractivity contribution >= 4 is 44.9 Å². The lowest BCUT2D eigenvalue weighted by molar-refractivity contribution is 0.103. The average Bonchev–Trinajstić information content (AvgIpc) is 2.94. The van der Waals surface area contributed by atoms with Gasteiger partial charge in [0.1, 0.15) is 14.9 Å². The molecule has 7 heteroatoms. The van der Waals surface area contributed by atoms with Gasteiger partial charge in [-0.25, -0.2) is 9.97 Å². The second kappa shape index (κ2) is 5.32. The molecule has 1 saturated carbocycles. The van der Waals surface area contributed by atoms with E-state index in [0.29, 0.717) is 10.8 Å². The summed E-state index contributed by atoms with van der Waals surface area (Å²) in [6.07, 6.45) is 4.00. The zero-order chi connectivity index (χ0) is 14.2. The Bertz CT molecular complexity index is 771. The summed E-state index contributed by atoms with van der Waals surface area (Å²) in [5, 5.41) is 6.76. The summed E-state index contributed by atoms with van der Waals surface area (Å²) in [5.41, 5.74) is 2.84. The van der Waals surface area contributed by atoms with Crippen LogP contribution in [0.2, 0.25) is 0 Å². The Morgan fingerprint density at radius 2 is 2.19 bits per heavy atom. The van der Waals surface area contributed by atoms with E-state index in [0.717, 1.165) is 20.6 Å². The molecule has 1 amide bonds. The number of amides is 1. The molecule has 0 aliphatic heterocycles. The first-order chi connectivity index (χ1) is 10.3. The van der Waals surface area contributed by atoms with E-state index in [2.05, 4.69) is 15.3 Å². The largest absolute Gasteiger partial charge is 0.311 e. The Hall–Kier alpha value is -1.57. The zero-order valence-corrected chi connectivity index (χ0v) is 13.4. The maximum absolute atomic E-state index is 12.3. The molecule has 106 valence electrons. The number of aromatic nitrogens is 2. The fourth-order valence-electron chi connectivity index (χ4n) is 2.05. The normalized spacial score (nSPS) is 14.3. The average molecular weight is 333 g/mol. The summed E-state index contributed by atoms with van der Waals surface area (Å²) in [5.74, 6) is 0.441. The van der Waals surface area contributed by atoms with Gasteiger partial charge in [0.15, 0.2) is 0 Å². The van der Waals surface area contributed by atoms with Gasteiger partial charge >= 0.3 is 0 Å². The molecule has 0 radical (unpaired) electrons. The highest BCUT2D eigenvalue weighted by atomic mass is 32.1. The monoisotopic (exact) mass is 333 g/mol. The Morgan fingerprint density at radius 1 is 1.29 bits per heavy atom. The van der Waals surface area contributed by atoms with E-state index >= 15 is 0 Å². The maximum atomic E-state index is 12.3. The van der Waals surface area contributed by atoms with Crippen LogP contribution in [0.25, 0.3) is 9.88 Å². The predicted molar refractivity (Wildman–Crippen MR) is 87.5 cm³/mol. The highest BCUT2D eigenvalue weighted by molar-refractivity contribution is 7.22. The quantitative estimate of drug-likeness (QED) is 0.767. The van der Waals surface area contributed by atoms with Crippen LogP contribution >= 0.6 is 34.0 Å². The van der Waals surface area contributed by atoms with E-state index in [4.69, 9.17) is 0 Å². The SMILES string of the molecule is O=C(Nc1scnc1C1CC1)c1cnc(-c2cccs2)s1. The number of thiazole rings is 2. The van der Waals surface area contributed by atoms with Crippen molar-refractivity contribution < 1.29 is 4.79 Å². The molecule has 3 aromatic rings. The first kappa shape index (κ1) is 13.1. The minimum absolute atomic E-state index is 0.0959. The number of rotatable bonds is 4. The number of anilines is 1. The molecule has 1 aliphatic carbocycles. The number of hydrogen-bond donors (Lipinski definition) is 1. The number of nitrogens with one attached hydrogen (secondary N) is 1. The van der Waals surface area contributed by atoms with Crippen LogP contribution in [0, 0.1) is 0 Å². The number of carbonyl (C=O) groups is 1. The molecule has 1 N–H and O–H groups in total. The van der Waals surface area contributed by atoms with E-state index in [9.17, 15) is 4.79 Å². The zero-order valence-electron chi connectivity index (χ0n) is 10.9. The minimum atomic E-state index is -0.0959. The highest BCUT2D eigenvalue weighted by Gasteiger charge is 2.29. The summed E-state index contributed by atoms with van der Waals surface area (Å²) in [6.45, 7) is 0. The van der Waals surface area contributed by atoms with Gasteiger partial charge in [0, 0.05) is 5.92 Å². The van der Waals surface area contributed by atoms with Crippen LogP contribution < -0.4 is 5.32 Å². The molecule has 4 nitrogen and oxygen atoms in total. The van der Waals surface area contributed by atoms with Gasteiger partial charge in [0.25, 0.3) is 5.91 Å². The van der Waals surface area contributed by atoms with Crippen molar-refractivity contribution in [3.05, 3.63) is 39.8 Å². The van der Waals surface area contributed by atoms with E-state index in [1.807, 2.05) is 17.5 Å². The minimum Gasteiger partial charge on any atom is -0.311 e. The molecule has 3 aromatic heterocycles. The van der Waals surface area contributed by atoms with E-state index in [-0.39, 0.29) is 5.91 Å². The summed E-state index contributed by atoms with van der Waals surface area (Å²) >= 11 is 4.54. The number of hydrogen-bond acceptors (Lipinski definition) is 6. The Kier molecular flexibility index (Phi) is 3.33. The third-order valence-corrected chi connectivity index (χ3v) is 6.04. The van der Waals surface area contributed by atoms with Crippen molar-refractivity contribution in [2.45, 2.75) is 18.8 Å². The number of thiophene rings is 1. The van der Waals surface area contributed by atoms with Crippen molar-refractivity contribution in [2.24, 2.45) is 0 Å². The van der Waals surface area contributed by atoms with Gasteiger partial charge in [-0.1, -0.05) is 6.07 Å². The summed E-state index contributed by atoms with van der Waals surface area (Å²) in [7, 11) is 0. The molecule has 0 bridgehead atoms. The summed E-state index contributed by atoms with van der Waals surface area (Å²) < 4.78 is 0. The van der Waals surface area contributed by atoms with Crippen LogP contribution in [-0.2, 0) is 0 Å². The van der Waals surface area contributed by atoms with Crippen LogP contribution in [0.1, 0.15) is 34.1 Å². The molecule has 0 unspecified atom stereocenters. The molecular formula is C14H11N3OS3. The van der Waals surface area contributed by atoms with Gasteiger partial charge < -0.3 is 5.32 Å². The lowest BCUT2D eigenvalue weighted by atomic mass is 10.3. The maximum Gasteiger partial charge on any atom is 0.268 e. The molecule has 3 heterocycles. The fraction of sp³-hybridized carbons (Fsp3) is 0.214. The Labute approximate surface area is 133 Å². The number of nitrogens with zero attached hydrogens (tertiary/aromatic N) is 2. The van der Waals surface area contributed by atoms with Crippen LogP contribution in [0.15, 0.2) is 29.2 Å². The molecular weight excluding hydrogens is 322 g/mol.